The second-order valence-corrected chi connectivity index (χ2v) is 6.66. The fourth-order valence-electron chi connectivity index (χ4n) is 2.31. The summed E-state index contributed by atoms with van der Waals surface area (Å²) in [6.07, 6.45) is 3.45. The average Bonchev–Trinajstić information content (AvgIpc) is 3.17. The maximum atomic E-state index is 12.2. The van der Waals surface area contributed by atoms with Gasteiger partial charge in [0.05, 0.1) is 17.3 Å². The Morgan fingerprint density at radius 1 is 1.45 bits per heavy atom. The molecule has 3 N–H and O–H groups in total. The lowest BCUT2D eigenvalue weighted by Crippen LogP contribution is -2.39. The number of aliphatic hydroxyl groups is 1. The van der Waals surface area contributed by atoms with Gasteiger partial charge in [-0.3, -0.25) is 4.79 Å². The first-order valence-electron chi connectivity index (χ1n) is 7.53. The van der Waals surface area contributed by atoms with Crippen molar-refractivity contribution in [1.82, 2.24) is 15.3 Å². The molecule has 0 atom stereocenters. The molecule has 0 aliphatic heterocycles. The number of nitrogens with zero attached hydrogens (tertiary/aromatic N) is 1. The van der Waals surface area contributed by atoms with Gasteiger partial charge in [0, 0.05) is 29.1 Å². The van der Waals surface area contributed by atoms with Crippen molar-refractivity contribution in [3.8, 4) is 11.3 Å². The van der Waals surface area contributed by atoms with E-state index in [1.807, 2.05) is 32.2 Å². The normalized spacial score (nSPS) is 11.6. The van der Waals surface area contributed by atoms with Crippen LogP contribution in [0.15, 0.2) is 17.6 Å². The predicted octanol–water partition coefficient (Wildman–Crippen LogP) is 2.98. The molecule has 0 saturated heterocycles. The minimum Gasteiger partial charge on any atom is -0.396 e. The molecule has 0 unspecified atom stereocenters. The minimum atomic E-state index is -0.239. The van der Waals surface area contributed by atoms with E-state index in [1.54, 1.807) is 17.5 Å². The fraction of sp³-hybridized carbons (Fsp3) is 0.500. The zero-order valence-electron chi connectivity index (χ0n) is 13.3. The van der Waals surface area contributed by atoms with Crippen molar-refractivity contribution in [3.63, 3.8) is 0 Å². The molecule has 0 radical (unpaired) electrons. The van der Waals surface area contributed by atoms with Crippen molar-refractivity contribution >= 4 is 17.2 Å². The molecule has 0 spiro atoms. The summed E-state index contributed by atoms with van der Waals surface area (Å²) in [5, 5.41) is 15.4. The van der Waals surface area contributed by atoms with Crippen LogP contribution in [0.5, 0.6) is 0 Å². The molecule has 2 rings (SSSR count). The molecule has 0 fully saturated rings. The van der Waals surface area contributed by atoms with E-state index in [9.17, 15) is 9.90 Å². The molecule has 22 heavy (non-hydrogen) atoms. The first-order valence-corrected chi connectivity index (χ1v) is 8.41. The Labute approximate surface area is 134 Å². The third-order valence-corrected chi connectivity index (χ3v) is 5.08. The lowest BCUT2D eigenvalue weighted by molar-refractivity contribution is 0.0847. The number of nitrogens with one attached hydrogen (secondary N) is 2. The summed E-state index contributed by atoms with van der Waals surface area (Å²) in [5.74, 6) is -0.155. The summed E-state index contributed by atoms with van der Waals surface area (Å²) < 4.78 is 0. The second-order valence-electron chi connectivity index (χ2n) is 5.60. The number of carbonyl (C=O) groups excluding carboxylic acids is 1. The Bertz CT molecular complexity index is 621. The molecule has 0 bridgehead atoms. The van der Waals surface area contributed by atoms with Crippen LogP contribution in [0.3, 0.4) is 0 Å². The van der Waals surface area contributed by atoms with Crippen molar-refractivity contribution in [2.75, 3.05) is 13.2 Å². The van der Waals surface area contributed by atoms with Crippen molar-refractivity contribution in [2.45, 2.75) is 33.6 Å². The van der Waals surface area contributed by atoms with E-state index in [1.165, 1.54) is 0 Å². The Balaban J connectivity index is 2.03. The van der Waals surface area contributed by atoms with Crippen LogP contribution in [0.25, 0.3) is 11.3 Å². The third kappa shape index (κ3) is 3.56. The second kappa shape index (κ2) is 7.07. The summed E-state index contributed by atoms with van der Waals surface area (Å²) in [6, 6.07) is 1.81. The summed E-state index contributed by atoms with van der Waals surface area (Å²) in [6.45, 7) is 6.57. The van der Waals surface area contributed by atoms with Gasteiger partial charge < -0.3 is 15.4 Å². The van der Waals surface area contributed by atoms with Gasteiger partial charge in [-0.2, -0.15) is 0 Å². The van der Waals surface area contributed by atoms with Crippen LogP contribution in [-0.4, -0.2) is 34.1 Å². The van der Waals surface area contributed by atoms with E-state index in [2.05, 4.69) is 15.3 Å². The van der Waals surface area contributed by atoms with Crippen molar-refractivity contribution in [1.29, 1.82) is 0 Å². The van der Waals surface area contributed by atoms with Gasteiger partial charge in [-0.1, -0.05) is 13.8 Å². The molecule has 120 valence electrons. The number of thiazole rings is 1. The molecule has 0 aromatic carbocycles. The van der Waals surface area contributed by atoms with Gasteiger partial charge in [-0.25, -0.2) is 4.98 Å². The Morgan fingerprint density at radius 3 is 2.73 bits per heavy atom. The van der Waals surface area contributed by atoms with Gasteiger partial charge in [0.25, 0.3) is 5.91 Å². The van der Waals surface area contributed by atoms with Crippen molar-refractivity contribution in [3.05, 3.63) is 28.3 Å². The standard InChI is InChI=1S/C16H23N3O2S/c1-4-16(5-2,10-20)9-18-15(21)13-6-12(7-17-13)14-8-22-11(3)19-14/h6-8,17,20H,4-5,9-10H2,1-3H3,(H,18,21). The molecule has 0 saturated carbocycles. The third-order valence-electron chi connectivity index (χ3n) is 4.30. The Hall–Kier alpha value is -1.66. The number of aliphatic hydroxyl groups excluding tert-OH is 1. The summed E-state index contributed by atoms with van der Waals surface area (Å²) in [7, 11) is 0. The van der Waals surface area contributed by atoms with Gasteiger partial charge in [0.2, 0.25) is 0 Å². The molecule has 2 aromatic heterocycles. The van der Waals surface area contributed by atoms with Crippen molar-refractivity contribution < 1.29 is 9.90 Å². The number of aromatic nitrogens is 2. The summed E-state index contributed by atoms with van der Waals surface area (Å²) in [5.41, 5.74) is 2.06. The van der Waals surface area contributed by atoms with Crippen LogP contribution in [0.4, 0.5) is 0 Å². The lowest BCUT2D eigenvalue weighted by atomic mass is 9.83. The smallest absolute Gasteiger partial charge is 0.267 e. The van der Waals surface area contributed by atoms with Crippen LogP contribution in [-0.2, 0) is 0 Å². The summed E-state index contributed by atoms with van der Waals surface area (Å²) >= 11 is 1.59. The van der Waals surface area contributed by atoms with E-state index in [-0.39, 0.29) is 17.9 Å². The molecule has 0 aliphatic rings. The van der Waals surface area contributed by atoms with E-state index < -0.39 is 0 Å². The van der Waals surface area contributed by atoms with E-state index in [0.29, 0.717) is 12.2 Å². The van der Waals surface area contributed by atoms with Gasteiger partial charge in [-0.15, -0.1) is 11.3 Å². The van der Waals surface area contributed by atoms with E-state index in [4.69, 9.17) is 0 Å². The number of aromatic amines is 1. The van der Waals surface area contributed by atoms with Gasteiger partial charge in [-0.05, 0) is 25.8 Å². The Morgan fingerprint density at radius 2 is 2.18 bits per heavy atom. The zero-order valence-corrected chi connectivity index (χ0v) is 14.1. The SMILES string of the molecule is CCC(CC)(CO)CNC(=O)c1cc(-c2csc(C)n2)c[nH]1. The van der Waals surface area contributed by atoms with E-state index in [0.717, 1.165) is 29.1 Å². The molecule has 6 heteroatoms. The average molecular weight is 321 g/mol. The van der Waals surface area contributed by atoms with Crippen LogP contribution in [0.1, 0.15) is 42.2 Å². The van der Waals surface area contributed by atoms with Gasteiger partial charge in [0.15, 0.2) is 0 Å². The highest BCUT2D eigenvalue weighted by Gasteiger charge is 2.26. The number of hydrogen-bond donors (Lipinski definition) is 3. The van der Waals surface area contributed by atoms with Crippen molar-refractivity contribution in [2.24, 2.45) is 5.41 Å². The number of hydrogen-bond acceptors (Lipinski definition) is 4. The molecule has 2 aromatic rings. The minimum absolute atomic E-state index is 0.0777. The number of carbonyl (C=O) groups is 1. The monoisotopic (exact) mass is 321 g/mol. The van der Waals surface area contributed by atoms with Crippen LogP contribution in [0, 0.1) is 12.3 Å². The molecule has 0 aliphatic carbocycles. The maximum absolute atomic E-state index is 12.2. The first-order chi connectivity index (χ1) is 10.5. The van der Waals surface area contributed by atoms with Gasteiger partial charge in [0.1, 0.15) is 5.69 Å². The van der Waals surface area contributed by atoms with Crippen LogP contribution in [0.2, 0.25) is 0 Å². The molecular formula is C16H23N3O2S. The number of aryl methyl sites for hydroxylation is 1. The Kier molecular flexibility index (Phi) is 5.37. The first kappa shape index (κ1) is 16.7. The molecule has 5 nitrogen and oxygen atoms in total. The highest BCUT2D eigenvalue weighted by Crippen LogP contribution is 2.25. The fourth-order valence-corrected chi connectivity index (χ4v) is 2.93. The van der Waals surface area contributed by atoms with E-state index >= 15 is 0 Å². The maximum Gasteiger partial charge on any atom is 0.267 e. The summed E-state index contributed by atoms with van der Waals surface area (Å²) in [4.78, 5) is 19.7. The zero-order chi connectivity index (χ0) is 16.2. The number of rotatable bonds is 7. The number of amides is 1. The number of H-pyrrole nitrogens is 1. The largest absolute Gasteiger partial charge is 0.396 e. The highest BCUT2D eigenvalue weighted by molar-refractivity contribution is 7.09. The quantitative estimate of drug-likeness (QED) is 0.733. The molecular weight excluding hydrogens is 298 g/mol. The van der Waals surface area contributed by atoms with Crippen LogP contribution >= 0.6 is 11.3 Å². The van der Waals surface area contributed by atoms with Crippen LogP contribution < -0.4 is 5.32 Å². The topological polar surface area (TPSA) is 78.0 Å². The lowest BCUT2D eigenvalue weighted by Gasteiger charge is -2.29. The van der Waals surface area contributed by atoms with Gasteiger partial charge >= 0.3 is 0 Å². The molecule has 2 heterocycles. The highest BCUT2D eigenvalue weighted by atomic mass is 32.1. The molecule has 1 amide bonds. The predicted molar refractivity (Wildman–Crippen MR) is 89.1 cm³/mol.